The summed E-state index contributed by atoms with van der Waals surface area (Å²) in [5.74, 6) is 0.800. The number of nitrogens with one attached hydrogen (secondary N) is 1. The first-order valence-corrected chi connectivity index (χ1v) is 7.42. The monoisotopic (exact) mass is 303 g/mol. The first-order valence-electron chi connectivity index (χ1n) is 7.42. The van der Waals surface area contributed by atoms with E-state index in [2.05, 4.69) is 12.2 Å². The van der Waals surface area contributed by atoms with Gasteiger partial charge in [0, 0.05) is 12.6 Å². The molecule has 1 unspecified atom stereocenters. The molecule has 118 valence electrons. The molecule has 0 aliphatic carbocycles. The number of halogens is 1. The van der Waals surface area contributed by atoms with Gasteiger partial charge in [-0.3, -0.25) is 0 Å². The first kappa shape index (κ1) is 16.3. The molecule has 0 aliphatic rings. The minimum atomic E-state index is -0.337. The van der Waals surface area contributed by atoms with Crippen molar-refractivity contribution >= 4 is 0 Å². The minimum Gasteiger partial charge on any atom is -0.494 e. The van der Waals surface area contributed by atoms with Gasteiger partial charge in [0.05, 0.1) is 13.7 Å². The Morgan fingerprint density at radius 1 is 1.14 bits per heavy atom. The van der Waals surface area contributed by atoms with Crippen molar-refractivity contribution in [2.45, 2.75) is 26.4 Å². The summed E-state index contributed by atoms with van der Waals surface area (Å²) < 4.78 is 24.0. The average molecular weight is 303 g/mol. The number of benzene rings is 2. The van der Waals surface area contributed by atoms with E-state index in [0.717, 1.165) is 16.9 Å². The third-order valence-corrected chi connectivity index (χ3v) is 3.52. The molecule has 2 rings (SSSR count). The van der Waals surface area contributed by atoms with Gasteiger partial charge in [0.25, 0.3) is 0 Å². The Bertz CT molecular complexity index is 599. The van der Waals surface area contributed by atoms with Crippen molar-refractivity contribution < 1.29 is 13.9 Å². The van der Waals surface area contributed by atoms with E-state index in [1.54, 1.807) is 6.07 Å². The number of methoxy groups -OCH3 is 1. The normalized spacial score (nSPS) is 12.0. The van der Waals surface area contributed by atoms with E-state index < -0.39 is 0 Å². The maximum Gasteiger partial charge on any atom is 0.165 e. The Balaban J connectivity index is 1.94. The molecule has 0 spiro atoms. The third kappa shape index (κ3) is 4.21. The van der Waals surface area contributed by atoms with Crippen molar-refractivity contribution in [1.29, 1.82) is 0 Å². The Labute approximate surface area is 131 Å². The van der Waals surface area contributed by atoms with Gasteiger partial charge in [-0.2, -0.15) is 0 Å². The average Bonchev–Trinajstić information content (AvgIpc) is 2.54. The van der Waals surface area contributed by atoms with Crippen LogP contribution in [0, 0.1) is 5.82 Å². The highest BCUT2D eigenvalue weighted by molar-refractivity contribution is 5.30. The molecule has 0 amide bonds. The predicted molar refractivity (Wildman–Crippen MR) is 85.8 cm³/mol. The summed E-state index contributed by atoms with van der Waals surface area (Å²) in [7, 11) is 1.46. The minimum absolute atomic E-state index is 0.167. The van der Waals surface area contributed by atoms with Crippen molar-refractivity contribution in [2.75, 3.05) is 13.7 Å². The van der Waals surface area contributed by atoms with E-state index in [1.807, 2.05) is 37.3 Å². The zero-order chi connectivity index (χ0) is 15.9. The molecule has 0 aliphatic heterocycles. The highest BCUT2D eigenvalue weighted by atomic mass is 19.1. The van der Waals surface area contributed by atoms with E-state index in [0.29, 0.717) is 13.2 Å². The van der Waals surface area contributed by atoms with Crippen LogP contribution in [0.2, 0.25) is 0 Å². The molecule has 4 heteroatoms. The lowest BCUT2D eigenvalue weighted by molar-refractivity contribution is 0.340. The van der Waals surface area contributed by atoms with Crippen LogP contribution in [0.15, 0.2) is 42.5 Å². The van der Waals surface area contributed by atoms with Gasteiger partial charge in [-0.15, -0.1) is 0 Å². The van der Waals surface area contributed by atoms with Crippen LogP contribution in [0.4, 0.5) is 4.39 Å². The summed E-state index contributed by atoms with van der Waals surface area (Å²) in [4.78, 5) is 0. The highest BCUT2D eigenvalue weighted by Crippen LogP contribution is 2.20. The fourth-order valence-electron chi connectivity index (χ4n) is 2.23. The van der Waals surface area contributed by atoms with Crippen molar-refractivity contribution in [3.63, 3.8) is 0 Å². The summed E-state index contributed by atoms with van der Waals surface area (Å²) in [5, 5.41) is 3.38. The van der Waals surface area contributed by atoms with E-state index in [-0.39, 0.29) is 17.6 Å². The second-order valence-corrected chi connectivity index (χ2v) is 5.07. The molecule has 0 saturated carbocycles. The molecule has 1 N–H and O–H groups in total. The second-order valence-electron chi connectivity index (χ2n) is 5.07. The molecule has 2 aromatic carbocycles. The Hall–Kier alpha value is -2.07. The van der Waals surface area contributed by atoms with Gasteiger partial charge in [0.1, 0.15) is 5.75 Å². The van der Waals surface area contributed by atoms with Gasteiger partial charge in [0.2, 0.25) is 0 Å². The fraction of sp³-hybridized carbons (Fsp3) is 0.333. The fourth-order valence-corrected chi connectivity index (χ4v) is 2.23. The summed E-state index contributed by atoms with van der Waals surface area (Å²) in [6.45, 7) is 5.30. The van der Waals surface area contributed by atoms with Crippen LogP contribution in [0.3, 0.4) is 0 Å². The van der Waals surface area contributed by atoms with E-state index in [9.17, 15) is 4.39 Å². The van der Waals surface area contributed by atoms with Gasteiger partial charge in [-0.25, -0.2) is 4.39 Å². The second kappa shape index (κ2) is 7.80. The van der Waals surface area contributed by atoms with Crippen molar-refractivity contribution in [3.8, 4) is 11.5 Å². The van der Waals surface area contributed by atoms with Crippen molar-refractivity contribution in [3.05, 3.63) is 59.4 Å². The molecule has 22 heavy (non-hydrogen) atoms. The van der Waals surface area contributed by atoms with Crippen LogP contribution in [0.1, 0.15) is 31.0 Å². The maximum absolute atomic E-state index is 13.6. The van der Waals surface area contributed by atoms with Gasteiger partial charge >= 0.3 is 0 Å². The van der Waals surface area contributed by atoms with Crippen LogP contribution < -0.4 is 14.8 Å². The zero-order valence-corrected chi connectivity index (χ0v) is 13.2. The number of hydrogen-bond donors (Lipinski definition) is 1. The molecule has 2 aromatic rings. The summed E-state index contributed by atoms with van der Waals surface area (Å²) in [5.41, 5.74) is 2.05. The molecule has 3 nitrogen and oxygen atoms in total. The molecule has 1 atom stereocenters. The van der Waals surface area contributed by atoms with Crippen LogP contribution >= 0.6 is 0 Å². The lowest BCUT2D eigenvalue weighted by Gasteiger charge is -2.15. The molecule has 0 radical (unpaired) electrons. The number of ether oxygens (including phenoxy) is 2. The smallest absolute Gasteiger partial charge is 0.165 e. The topological polar surface area (TPSA) is 30.5 Å². The SMILES string of the molecule is CCOc1ccc(C(C)NCc2ccc(OC)c(F)c2)cc1. The third-order valence-electron chi connectivity index (χ3n) is 3.52. The predicted octanol–water partition coefficient (Wildman–Crippen LogP) is 4.08. The largest absolute Gasteiger partial charge is 0.494 e. The molecule has 0 fully saturated rings. The Morgan fingerprint density at radius 3 is 2.45 bits per heavy atom. The Morgan fingerprint density at radius 2 is 1.86 bits per heavy atom. The molecular formula is C18H22FNO2. The van der Waals surface area contributed by atoms with Gasteiger partial charge in [0.15, 0.2) is 11.6 Å². The highest BCUT2D eigenvalue weighted by Gasteiger charge is 2.07. The lowest BCUT2D eigenvalue weighted by Crippen LogP contribution is -2.18. The summed E-state index contributed by atoms with van der Waals surface area (Å²) >= 11 is 0. The van der Waals surface area contributed by atoms with E-state index >= 15 is 0 Å². The number of hydrogen-bond acceptors (Lipinski definition) is 3. The quantitative estimate of drug-likeness (QED) is 0.836. The molecule has 0 bridgehead atoms. The van der Waals surface area contributed by atoms with E-state index in [4.69, 9.17) is 9.47 Å². The van der Waals surface area contributed by atoms with Crippen LogP contribution in [-0.4, -0.2) is 13.7 Å². The molecule has 0 aromatic heterocycles. The molecular weight excluding hydrogens is 281 g/mol. The molecule has 0 heterocycles. The standard InChI is InChI=1S/C18H22FNO2/c1-4-22-16-8-6-15(7-9-16)13(2)20-12-14-5-10-18(21-3)17(19)11-14/h5-11,13,20H,4,12H2,1-3H3. The van der Waals surface area contributed by atoms with Crippen molar-refractivity contribution in [1.82, 2.24) is 5.32 Å². The maximum atomic E-state index is 13.6. The van der Waals surface area contributed by atoms with E-state index in [1.165, 1.54) is 13.2 Å². The summed E-state index contributed by atoms with van der Waals surface area (Å²) in [6, 6.07) is 13.2. The number of rotatable bonds is 7. The summed E-state index contributed by atoms with van der Waals surface area (Å²) in [6.07, 6.45) is 0. The Kier molecular flexibility index (Phi) is 5.78. The van der Waals surface area contributed by atoms with Crippen LogP contribution in [0.5, 0.6) is 11.5 Å². The van der Waals surface area contributed by atoms with Gasteiger partial charge in [-0.05, 0) is 49.2 Å². The lowest BCUT2D eigenvalue weighted by atomic mass is 10.1. The van der Waals surface area contributed by atoms with Crippen LogP contribution in [-0.2, 0) is 6.54 Å². The van der Waals surface area contributed by atoms with Crippen LogP contribution in [0.25, 0.3) is 0 Å². The first-order chi connectivity index (χ1) is 10.6. The van der Waals surface area contributed by atoms with Crippen molar-refractivity contribution in [2.24, 2.45) is 0 Å². The van der Waals surface area contributed by atoms with Gasteiger partial charge in [-0.1, -0.05) is 18.2 Å². The molecule has 0 saturated heterocycles. The van der Waals surface area contributed by atoms with Gasteiger partial charge < -0.3 is 14.8 Å². The zero-order valence-electron chi connectivity index (χ0n) is 13.2.